The molecule has 1 aliphatic heterocycles. The highest BCUT2D eigenvalue weighted by molar-refractivity contribution is 5.68. The van der Waals surface area contributed by atoms with Crippen LogP contribution in [0.3, 0.4) is 0 Å². The summed E-state index contributed by atoms with van der Waals surface area (Å²) in [5, 5.41) is 8.97. The highest BCUT2D eigenvalue weighted by Gasteiger charge is 2.37. The van der Waals surface area contributed by atoms with Crippen LogP contribution in [0, 0.1) is 0 Å². The number of hydrogen-bond donors (Lipinski definition) is 1. The first-order chi connectivity index (χ1) is 13.2. The minimum absolute atomic E-state index is 0.109. The van der Waals surface area contributed by atoms with Crippen LogP contribution >= 0.6 is 0 Å². The zero-order valence-corrected chi connectivity index (χ0v) is 17.6. The second-order valence-corrected chi connectivity index (χ2v) is 7.74. The fourth-order valence-corrected chi connectivity index (χ4v) is 3.53. The third-order valence-corrected chi connectivity index (χ3v) is 5.34. The van der Waals surface area contributed by atoms with Gasteiger partial charge in [-0.2, -0.15) is 0 Å². The Morgan fingerprint density at radius 2 is 1.70 bits per heavy atom. The summed E-state index contributed by atoms with van der Waals surface area (Å²) >= 11 is 0. The summed E-state index contributed by atoms with van der Waals surface area (Å²) in [6.07, 6.45) is 16.3. The van der Waals surface area contributed by atoms with Gasteiger partial charge in [-0.1, -0.05) is 51.9 Å². The summed E-state index contributed by atoms with van der Waals surface area (Å²) in [5.41, 5.74) is 0. The second-order valence-electron chi connectivity index (χ2n) is 7.74. The Labute approximate surface area is 166 Å². The standard InChI is InChI=1S/C22H42O5/c1-3-4-8-13-20-21(27-20)16-15-19(26-18-11-17-23)12-9-6-5-7-10-14-22(24)25-2/h19-21,23H,3-18H2,1-2H3. The summed E-state index contributed by atoms with van der Waals surface area (Å²) in [7, 11) is 1.44. The summed E-state index contributed by atoms with van der Waals surface area (Å²) < 4.78 is 16.5. The highest BCUT2D eigenvalue weighted by atomic mass is 16.6. The van der Waals surface area contributed by atoms with Gasteiger partial charge in [-0.25, -0.2) is 0 Å². The molecule has 0 aromatic heterocycles. The van der Waals surface area contributed by atoms with Gasteiger partial charge in [0.15, 0.2) is 0 Å². The van der Waals surface area contributed by atoms with Crippen molar-refractivity contribution < 1.29 is 24.1 Å². The number of epoxide rings is 1. The summed E-state index contributed by atoms with van der Waals surface area (Å²) in [4.78, 5) is 11.1. The zero-order valence-electron chi connectivity index (χ0n) is 17.6. The van der Waals surface area contributed by atoms with Gasteiger partial charge < -0.3 is 19.3 Å². The van der Waals surface area contributed by atoms with E-state index in [1.54, 1.807) is 0 Å². The number of aliphatic hydroxyl groups is 1. The maximum atomic E-state index is 11.1. The monoisotopic (exact) mass is 386 g/mol. The molecule has 1 N–H and O–H groups in total. The van der Waals surface area contributed by atoms with Crippen LogP contribution in [0.1, 0.15) is 96.8 Å². The van der Waals surface area contributed by atoms with Crippen molar-refractivity contribution in [1.82, 2.24) is 0 Å². The van der Waals surface area contributed by atoms with Crippen molar-refractivity contribution in [3.05, 3.63) is 0 Å². The molecule has 1 saturated heterocycles. The summed E-state index contributed by atoms with van der Waals surface area (Å²) in [6.45, 7) is 3.07. The van der Waals surface area contributed by atoms with E-state index in [2.05, 4.69) is 11.7 Å². The van der Waals surface area contributed by atoms with Crippen LogP contribution < -0.4 is 0 Å². The molecule has 5 heteroatoms. The molecule has 0 aromatic rings. The third-order valence-electron chi connectivity index (χ3n) is 5.34. The van der Waals surface area contributed by atoms with E-state index in [1.807, 2.05) is 0 Å². The van der Waals surface area contributed by atoms with Crippen LogP contribution in [0.25, 0.3) is 0 Å². The van der Waals surface area contributed by atoms with Crippen molar-refractivity contribution in [2.45, 2.75) is 115 Å². The number of ether oxygens (including phenoxy) is 3. The van der Waals surface area contributed by atoms with E-state index >= 15 is 0 Å². The SMILES string of the molecule is CCCCCC1OC1CCC(CCCCCCCC(=O)OC)OCCCO. The Morgan fingerprint density at radius 3 is 2.44 bits per heavy atom. The van der Waals surface area contributed by atoms with Gasteiger partial charge in [-0.05, 0) is 38.5 Å². The van der Waals surface area contributed by atoms with Gasteiger partial charge in [0.1, 0.15) is 0 Å². The van der Waals surface area contributed by atoms with Gasteiger partial charge >= 0.3 is 5.97 Å². The van der Waals surface area contributed by atoms with Crippen molar-refractivity contribution in [3.8, 4) is 0 Å². The molecule has 3 atom stereocenters. The van der Waals surface area contributed by atoms with Crippen LogP contribution in [0.4, 0.5) is 0 Å². The van der Waals surface area contributed by atoms with Gasteiger partial charge in [-0.15, -0.1) is 0 Å². The van der Waals surface area contributed by atoms with E-state index < -0.39 is 0 Å². The van der Waals surface area contributed by atoms with Crippen LogP contribution in [0.2, 0.25) is 0 Å². The number of esters is 1. The molecule has 1 rings (SSSR count). The molecule has 27 heavy (non-hydrogen) atoms. The Bertz CT molecular complexity index is 361. The summed E-state index contributed by atoms with van der Waals surface area (Å²) in [5.74, 6) is -0.109. The summed E-state index contributed by atoms with van der Waals surface area (Å²) in [6, 6.07) is 0. The third kappa shape index (κ3) is 13.2. The van der Waals surface area contributed by atoms with Crippen molar-refractivity contribution in [1.29, 1.82) is 0 Å². The Kier molecular flexibility index (Phi) is 14.7. The van der Waals surface area contributed by atoms with E-state index in [0.717, 1.165) is 44.9 Å². The molecule has 1 heterocycles. The lowest BCUT2D eigenvalue weighted by Gasteiger charge is -2.17. The van der Waals surface area contributed by atoms with E-state index in [0.29, 0.717) is 31.7 Å². The molecule has 0 saturated carbocycles. The van der Waals surface area contributed by atoms with Gasteiger partial charge in [-0.3, -0.25) is 4.79 Å². The molecular weight excluding hydrogens is 344 g/mol. The minimum Gasteiger partial charge on any atom is -0.469 e. The van der Waals surface area contributed by atoms with Crippen molar-refractivity contribution in [2.24, 2.45) is 0 Å². The Morgan fingerprint density at radius 1 is 0.963 bits per heavy atom. The molecule has 0 aliphatic carbocycles. The molecular formula is C22H42O5. The van der Waals surface area contributed by atoms with Gasteiger partial charge in [0.2, 0.25) is 0 Å². The predicted octanol–water partition coefficient (Wildman–Crippen LogP) is 4.79. The Balaban J connectivity index is 2.09. The van der Waals surface area contributed by atoms with E-state index in [9.17, 15) is 4.79 Å². The molecule has 5 nitrogen and oxygen atoms in total. The molecule has 1 fully saturated rings. The first-order valence-corrected chi connectivity index (χ1v) is 11.2. The number of rotatable bonds is 19. The van der Waals surface area contributed by atoms with E-state index in [4.69, 9.17) is 14.6 Å². The second kappa shape index (κ2) is 16.3. The first kappa shape index (κ1) is 24.4. The molecule has 0 amide bonds. The number of unbranched alkanes of at least 4 members (excludes halogenated alkanes) is 6. The number of aliphatic hydroxyl groups excluding tert-OH is 1. The number of methoxy groups -OCH3 is 1. The molecule has 1 aliphatic rings. The van der Waals surface area contributed by atoms with Crippen LogP contribution in [-0.2, 0) is 19.0 Å². The van der Waals surface area contributed by atoms with Crippen molar-refractivity contribution in [2.75, 3.05) is 20.3 Å². The molecule has 0 aromatic carbocycles. The molecule has 0 spiro atoms. The van der Waals surface area contributed by atoms with Crippen molar-refractivity contribution >= 4 is 5.97 Å². The average molecular weight is 387 g/mol. The predicted molar refractivity (Wildman–Crippen MR) is 108 cm³/mol. The minimum atomic E-state index is -0.109. The lowest BCUT2D eigenvalue weighted by molar-refractivity contribution is -0.140. The lowest BCUT2D eigenvalue weighted by Crippen LogP contribution is -2.16. The highest BCUT2D eigenvalue weighted by Crippen LogP contribution is 2.32. The van der Waals surface area contributed by atoms with Gasteiger partial charge in [0.25, 0.3) is 0 Å². The fraction of sp³-hybridized carbons (Fsp3) is 0.955. The molecule has 0 bridgehead atoms. The first-order valence-electron chi connectivity index (χ1n) is 11.2. The van der Waals surface area contributed by atoms with Gasteiger partial charge in [0, 0.05) is 19.6 Å². The van der Waals surface area contributed by atoms with Gasteiger partial charge in [0.05, 0.1) is 25.4 Å². The lowest BCUT2D eigenvalue weighted by atomic mass is 10.0. The van der Waals surface area contributed by atoms with Crippen LogP contribution in [0.15, 0.2) is 0 Å². The van der Waals surface area contributed by atoms with Crippen LogP contribution in [0.5, 0.6) is 0 Å². The molecule has 160 valence electrons. The average Bonchev–Trinajstić information content (AvgIpc) is 3.43. The number of carbonyl (C=O) groups is 1. The Hall–Kier alpha value is -0.650. The maximum absolute atomic E-state index is 11.1. The largest absolute Gasteiger partial charge is 0.469 e. The maximum Gasteiger partial charge on any atom is 0.305 e. The smallest absolute Gasteiger partial charge is 0.305 e. The van der Waals surface area contributed by atoms with E-state index in [-0.39, 0.29) is 18.7 Å². The fourth-order valence-electron chi connectivity index (χ4n) is 3.53. The molecule has 0 radical (unpaired) electrons. The number of hydrogen-bond acceptors (Lipinski definition) is 5. The quantitative estimate of drug-likeness (QED) is 0.196. The molecule has 3 unspecified atom stereocenters. The van der Waals surface area contributed by atoms with Crippen molar-refractivity contribution in [3.63, 3.8) is 0 Å². The normalized spacial score (nSPS) is 19.8. The van der Waals surface area contributed by atoms with E-state index in [1.165, 1.54) is 39.2 Å². The number of carbonyl (C=O) groups excluding carboxylic acids is 1. The van der Waals surface area contributed by atoms with Crippen LogP contribution in [-0.4, -0.2) is 49.7 Å². The topological polar surface area (TPSA) is 68.3 Å². The zero-order chi connectivity index (χ0) is 19.7.